The Kier molecular flexibility index (Phi) is 7.01. The first-order chi connectivity index (χ1) is 14.3. The number of amides is 1. The van der Waals surface area contributed by atoms with Crippen LogP contribution in [0.3, 0.4) is 0 Å². The molecule has 30 heavy (non-hydrogen) atoms. The number of sulfonamides is 1. The Balaban J connectivity index is 1.78. The molecule has 160 valence electrons. The van der Waals surface area contributed by atoms with Crippen molar-refractivity contribution in [2.24, 2.45) is 7.05 Å². The van der Waals surface area contributed by atoms with Crippen molar-refractivity contribution in [2.45, 2.75) is 23.9 Å². The number of nitrogens with one attached hydrogen (secondary N) is 2. The largest absolute Gasteiger partial charge is 0.419 e. The van der Waals surface area contributed by atoms with Gasteiger partial charge in [-0.05, 0) is 36.1 Å². The summed E-state index contributed by atoms with van der Waals surface area (Å²) < 4.78 is 34.6. The monoisotopic (exact) mass is 449 g/mol. The van der Waals surface area contributed by atoms with Gasteiger partial charge in [0.25, 0.3) is 0 Å². The second-order valence-electron chi connectivity index (χ2n) is 6.72. The number of rotatable bonds is 9. The molecule has 2 N–H and O–H groups in total. The van der Waals surface area contributed by atoms with E-state index in [1.165, 1.54) is 41.6 Å². The third-order valence-electron chi connectivity index (χ3n) is 4.61. The molecule has 0 unspecified atom stereocenters. The van der Waals surface area contributed by atoms with Gasteiger partial charge in [0.15, 0.2) is 5.58 Å². The zero-order valence-electron chi connectivity index (χ0n) is 16.6. The van der Waals surface area contributed by atoms with Gasteiger partial charge >= 0.3 is 5.76 Å². The van der Waals surface area contributed by atoms with Crippen LogP contribution in [0.2, 0.25) is 0 Å². The molecule has 10 heteroatoms. The van der Waals surface area contributed by atoms with E-state index in [0.717, 1.165) is 5.56 Å². The summed E-state index contributed by atoms with van der Waals surface area (Å²) in [5.41, 5.74) is 1.57. The van der Waals surface area contributed by atoms with Gasteiger partial charge in [0.2, 0.25) is 15.9 Å². The minimum atomic E-state index is -4.00. The number of nitrogens with zero attached hydrogens (tertiary/aromatic N) is 1. The molecular formula is C20H23N3O5S2. The number of hydrogen-bond donors (Lipinski definition) is 2. The molecule has 1 amide bonds. The molecule has 0 aliphatic rings. The zero-order valence-corrected chi connectivity index (χ0v) is 18.3. The van der Waals surface area contributed by atoms with Crippen LogP contribution in [0.4, 0.5) is 0 Å². The molecule has 0 saturated heterocycles. The van der Waals surface area contributed by atoms with Crippen molar-refractivity contribution in [1.82, 2.24) is 14.6 Å². The highest BCUT2D eigenvalue weighted by molar-refractivity contribution is 7.98. The minimum absolute atomic E-state index is 0.0747. The molecule has 0 aliphatic carbocycles. The summed E-state index contributed by atoms with van der Waals surface area (Å²) >= 11 is 1.52. The Hall–Kier alpha value is -2.56. The number of carbonyl (C=O) groups excluding carboxylic acids is 1. The molecule has 2 aromatic carbocycles. The van der Waals surface area contributed by atoms with Crippen LogP contribution in [-0.4, -0.2) is 36.9 Å². The molecule has 8 nitrogen and oxygen atoms in total. The van der Waals surface area contributed by atoms with E-state index < -0.39 is 27.7 Å². The van der Waals surface area contributed by atoms with Crippen LogP contribution in [0.15, 0.2) is 62.6 Å². The molecule has 1 atom stereocenters. The van der Waals surface area contributed by atoms with Crippen molar-refractivity contribution in [2.75, 3.05) is 12.0 Å². The maximum absolute atomic E-state index is 12.9. The lowest BCUT2D eigenvalue weighted by Crippen LogP contribution is -2.46. The fourth-order valence-electron chi connectivity index (χ4n) is 2.92. The molecule has 3 aromatic rings. The van der Waals surface area contributed by atoms with Gasteiger partial charge in [-0.2, -0.15) is 16.5 Å². The van der Waals surface area contributed by atoms with Crippen molar-refractivity contribution in [1.29, 1.82) is 0 Å². The maximum atomic E-state index is 12.9. The molecule has 0 aliphatic heterocycles. The van der Waals surface area contributed by atoms with Crippen LogP contribution < -0.4 is 15.8 Å². The number of aryl methyl sites for hydroxylation is 1. The molecule has 0 fully saturated rings. The Morgan fingerprint density at radius 1 is 1.20 bits per heavy atom. The van der Waals surface area contributed by atoms with E-state index in [-0.39, 0.29) is 10.5 Å². The number of oxazole rings is 1. The lowest BCUT2D eigenvalue weighted by molar-refractivity contribution is -0.122. The van der Waals surface area contributed by atoms with Crippen LogP contribution in [0.25, 0.3) is 11.1 Å². The Bertz CT molecular complexity index is 1190. The zero-order chi connectivity index (χ0) is 21.7. The minimum Gasteiger partial charge on any atom is -0.408 e. The van der Waals surface area contributed by atoms with Crippen LogP contribution in [0.5, 0.6) is 0 Å². The normalized spacial score (nSPS) is 12.7. The van der Waals surface area contributed by atoms with Crippen molar-refractivity contribution in [3.05, 3.63) is 64.6 Å². The van der Waals surface area contributed by atoms with E-state index in [4.69, 9.17) is 4.42 Å². The number of aromatic nitrogens is 1. The van der Waals surface area contributed by atoms with Gasteiger partial charge < -0.3 is 9.73 Å². The Labute approximate surface area is 178 Å². The lowest BCUT2D eigenvalue weighted by Gasteiger charge is -2.18. The van der Waals surface area contributed by atoms with Crippen LogP contribution in [-0.2, 0) is 28.4 Å². The van der Waals surface area contributed by atoms with Gasteiger partial charge in [-0.1, -0.05) is 30.3 Å². The number of thioether (sulfide) groups is 1. The maximum Gasteiger partial charge on any atom is 0.419 e. The van der Waals surface area contributed by atoms with Crippen LogP contribution in [0, 0.1) is 0 Å². The van der Waals surface area contributed by atoms with E-state index in [1.807, 2.05) is 36.6 Å². The molecule has 0 radical (unpaired) electrons. The molecule has 1 aromatic heterocycles. The van der Waals surface area contributed by atoms with Crippen molar-refractivity contribution < 1.29 is 17.6 Å². The molecule has 0 bridgehead atoms. The fourth-order valence-corrected chi connectivity index (χ4v) is 4.64. The highest BCUT2D eigenvalue weighted by atomic mass is 32.2. The van der Waals surface area contributed by atoms with E-state index in [0.29, 0.717) is 24.2 Å². The number of fused-ring (bicyclic) bond motifs is 1. The van der Waals surface area contributed by atoms with Crippen molar-refractivity contribution >= 4 is 38.8 Å². The predicted molar refractivity (Wildman–Crippen MR) is 117 cm³/mol. The van der Waals surface area contributed by atoms with E-state index in [9.17, 15) is 18.0 Å². The fraction of sp³-hybridized carbons (Fsp3) is 0.300. The average Bonchev–Trinajstić information content (AvgIpc) is 3.03. The summed E-state index contributed by atoms with van der Waals surface area (Å²) in [6.07, 6.45) is 2.22. The summed E-state index contributed by atoms with van der Waals surface area (Å²) in [6.45, 7) is 0.304. The third kappa shape index (κ3) is 5.13. The smallest absolute Gasteiger partial charge is 0.408 e. The SMILES string of the molecule is CSCC[C@@H](NS(=O)(=O)c1ccc2c(c1)oc(=O)n2C)C(=O)NCc1ccccc1. The average molecular weight is 450 g/mol. The first-order valence-electron chi connectivity index (χ1n) is 9.24. The second kappa shape index (κ2) is 9.50. The van der Waals surface area contributed by atoms with E-state index in [2.05, 4.69) is 10.0 Å². The van der Waals surface area contributed by atoms with Gasteiger partial charge in [0.05, 0.1) is 10.4 Å². The van der Waals surface area contributed by atoms with Gasteiger partial charge in [0.1, 0.15) is 6.04 Å². The molecular weight excluding hydrogens is 426 g/mol. The first-order valence-corrected chi connectivity index (χ1v) is 12.1. The van der Waals surface area contributed by atoms with Crippen molar-refractivity contribution in [3.63, 3.8) is 0 Å². The summed E-state index contributed by atoms with van der Waals surface area (Å²) in [6, 6.07) is 12.6. The number of carbonyl (C=O) groups is 1. The standard InChI is InChI=1S/C20H23N3O5S2/c1-23-17-9-8-15(12-18(17)28-20(23)25)30(26,27)22-16(10-11-29-2)19(24)21-13-14-6-4-3-5-7-14/h3-9,12,16,22H,10-11,13H2,1-2H3,(H,21,24)/t16-/m1/s1. The topological polar surface area (TPSA) is 110 Å². The van der Waals surface area contributed by atoms with Gasteiger partial charge in [0, 0.05) is 19.7 Å². The molecule has 0 saturated carbocycles. The lowest BCUT2D eigenvalue weighted by atomic mass is 10.2. The third-order valence-corrected chi connectivity index (χ3v) is 6.72. The van der Waals surface area contributed by atoms with Gasteiger partial charge in [-0.25, -0.2) is 13.2 Å². The molecule has 1 heterocycles. The quantitative estimate of drug-likeness (QED) is 0.516. The van der Waals surface area contributed by atoms with Crippen LogP contribution >= 0.6 is 11.8 Å². The summed E-state index contributed by atoms with van der Waals surface area (Å²) in [7, 11) is -2.47. The van der Waals surface area contributed by atoms with E-state index in [1.54, 1.807) is 0 Å². The van der Waals surface area contributed by atoms with Gasteiger partial charge in [-0.15, -0.1) is 0 Å². The predicted octanol–water partition coefficient (Wildman–Crippen LogP) is 1.85. The van der Waals surface area contributed by atoms with Gasteiger partial charge in [-0.3, -0.25) is 9.36 Å². The highest BCUT2D eigenvalue weighted by Crippen LogP contribution is 2.18. The summed E-state index contributed by atoms with van der Waals surface area (Å²) in [5, 5.41) is 2.78. The second-order valence-corrected chi connectivity index (χ2v) is 9.41. The molecule has 0 spiro atoms. The number of benzene rings is 2. The Morgan fingerprint density at radius 3 is 2.63 bits per heavy atom. The van der Waals surface area contributed by atoms with E-state index >= 15 is 0 Å². The first kappa shape index (κ1) is 22.1. The van der Waals surface area contributed by atoms with Crippen molar-refractivity contribution in [3.8, 4) is 0 Å². The summed E-state index contributed by atoms with van der Waals surface area (Å²) in [5.74, 6) is -0.368. The van der Waals surface area contributed by atoms with Crippen LogP contribution in [0.1, 0.15) is 12.0 Å². The Morgan fingerprint density at radius 2 is 1.93 bits per heavy atom. The number of hydrogen-bond acceptors (Lipinski definition) is 6. The highest BCUT2D eigenvalue weighted by Gasteiger charge is 2.26. The molecule has 3 rings (SSSR count). The summed E-state index contributed by atoms with van der Waals surface area (Å²) in [4.78, 5) is 24.3.